The summed E-state index contributed by atoms with van der Waals surface area (Å²) in [7, 11) is -0.152. The molecule has 2 rings (SSSR count). The van der Waals surface area contributed by atoms with Crippen LogP contribution in [0.15, 0.2) is 36.7 Å². The molecule has 0 bridgehead atoms. The van der Waals surface area contributed by atoms with Crippen molar-refractivity contribution in [1.82, 2.24) is 9.55 Å². The van der Waals surface area contributed by atoms with Crippen LogP contribution in [0.1, 0.15) is 32.9 Å². The fraction of sp³-hybridized carbons (Fsp3) is 0.500. The van der Waals surface area contributed by atoms with Crippen molar-refractivity contribution in [3.05, 3.63) is 42.4 Å². The minimum absolute atomic E-state index is 0.0174. The Labute approximate surface area is 200 Å². The van der Waals surface area contributed by atoms with Gasteiger partial charge in [-0.2, -0.15) is 5.26 Å². The molecule has 2 aromatic rings. The molecule has 0 aliphatic heterocycles. The van der Waals surface area contributed by atoms with E-state index in [0.717, 1.165) is 0 Å². The van der Waals surface area contributed by atoms with Crippen molar-refractivity contribution in [2.45, 2.75) is 39.8 Å². The monoisotopic (exact) mass is 495 g/mol. The molecule has 0 fully saturated rings. The number of hydrogen-bond donors (Lipinski definition) is 1. The highest BCUT2D eigenvalue weighted by Crippen LogP contribution is 2.41. The zero-order valence-corrected chi connectivity index (χ0v) is 21.0. The smallest absolute Gasteiger partial charge is 0.397 e. The molecule has 33 heavy (non-hydrogen) atoms. The highest BCUT2D eigenvalue weighted by Gasteiger charge is 2.23. The van der Waals surface area contributed by atoms with Gasteiger partial charge < -0.3 is 23.5 Å². The van der Waals surface area contributed by atoms with E-state index in [1.165, 1.54) is 22.7 Å². The Morgan fingerprint density at radius 3 is 2.64 bits per heavy atom. The summed E-state index contributed by atoms with van der Waals surface area (Å²) < 4.78 is 24.5. The van der Waals surface area contributed by atoms with Gasteiger partial charge in [-0.05, 0) is 18.6 Å². The Morgan fingerprint density at radius 1 is 1.30 bits per heavy atom. The van der Waals surface area contributed by atoms with Crippen LogP contribution >= 0.6 is 20.4 Å². The van der Waals surface area contributed by atoms with Crippen molar-refractivity contribution in [3.8, 4) is 17.7 Å². The number of aromatic nitrogens is 2. The number of thioether (sulfide) groups is 1. The molecule has 0 aliphatic rings. The van der Waals surface area contributed by atoms with Crippen molar-refractivity contribution >= 4 is 25.5 Å². The summed E-state index contributed by atoms with van der Waals surface area (Å²) in [5.74, 6) is 0.933. The number of nitriles is 1. The molecular formula is C22H30N3O6PS. The number of nitrogens with zero attached hydrogens (tertiary/aromatic N) is 3. The second-order valence-electron chi connectivity index (χ2n) is 8.01. The van der Waals surface area contributed by atoms with Gasteiger partial charge >= 0.3 is 8.60 Å². The van der Waals surface area contributed by atoms with Crippen LogP contribution < -0.4 is 4.52 Å². The maximum absolute atomic E-state index is 12.1. The lowest BCUT2D eigenvalue weighted by molar-refractivity contribution is -0.117. The number of rotatable bonds is 13. The van der Waals surface area contributed by atoms with E-state index in [9.17, 15) is 9.90 Å². The van der Waals surface area contributed by atoms with Gasteiger partial charge in [0.15, 0.2) is 5.12 Å². The first-order valence-corrected chi connectivity index (χ1v) is 12.5. The third-order valence-corrected chi connectivity index (χ3v) is 6.71. The molecule has 1 N–H and O–H groups in total. The Hall–Kier alpha value is -2.15. The van der Waals surface area contributed by atoms with Crippen molar-refractivity contribution < 1.29 is 28.2 Å². The van der Waals surface area contributed by atoms with Crippen molar-refractivity contribution in [1.29, 1.82) is 5.26 Å². The van der Waals surface area contributed by atoms with Crippen LogP contribution in [0.4, 0.5) is 0 Å². The van der Waals surface area contributed by atoms with Crippen molar-refractivity contribution in [3.63, 3.8) is 0 Å². The maximum atomic E-state index is 12.1. The highest BCUT2D eigenvalue weighted by molar-refractivity contribution is 8.13. The summed E-state index contributed by atoms with van der Waals surface area (Å²) in [5.41, 5.74) is -0.424. The average Bonchev–Trinajstić information content (AvgIpc) is 3.15. The van der Waals surface area contributed by atoms with Gasteiger partial charge in [0, 0.05) is 24.8 Å². The molecule has 9 nitrogen and oxygen atoms in total. The Bertz CT molecular complexity index is 913. The zero-order chi connectivity index (χ0) is 24.3. The maximum Gasteiger partial charge on any atom is 0.397 e. The normalized spacial score (nSPS) is 13.3. The standard InChI is InChI=1S/C22H30N3O6PS/c1-22(2,3)21(27)33-13-12-29-32(31-17-8-6-5-7-9-17)30-15-18(28-4)10-11-25-16-24-19(14-23)20(25)26/h5-9,16,18,26H,10-13,15H2,1-4H3. The highest BCUT2D eigenvalue weighted by atomic mass is 32.2. The molecular weight excluding hydrogens is 465 g/mol. The fourth-order valence-electron chi connectivity index (χ4n) is 2.43. The Morgan fingerprint density at radius 2 is 2.03 bits per heavy atom. The quantitative estimate of drug-likeness (QED) is 0.316. The summed E-state index contributed by atoms with van der Waals surface area (Å²) in [5, 5.41) is 19.0. The number of para-hydroxylation sites is 1. The molecule has 0 spiro atoms. The first-order chi connectivity index (χ1) is 15.7. The number of methoxy groups -OCH3 is 1. The molecule has 1 heterocycles. The minimum atomic E-state index is -1.72. The van der Waals surface area contributed by atoms with E-state index < -0.39 is 14.0 Å². The molecule has 0 amide bonds. The number of hydrogen-bond acceptors (Lipinski definition) is 9. The minimum Gasteiger partial charge on any atom is -0.492 e. The van der Waals surface area contributed by atoms with E-state index >= 15 is 0 Å². The summed E-state index contributed by atoms with van der Waals surface area (Å²) in [6, 6.07) is 11.0. The average molecular weight is 496 g/mol. The van der Waals surface area contributed by atoms with Crippen LogP contribution in [0.3, 0.4) is 0 Å². The first-order valence-electron chi connectivity index (χ1n) is 10.4. The van der Waals surface area contributed by atoms with E-state index in [0.29, 0.717) is 31.1 Å². The second kappa shape index (κ2) is 13.5. The van der Waals surface area contributed by atoms with E-state index in [1.807, 2.05) is 57.2 Å². The van der Waals surface area contributed by atoms with Crippen LogP contribution in [-0.4, -0.2) is 52.0 Å². The Kier molecular flexibility index (Phi) is 11.1. The van der Waals surface area contributed by atoms with Crippen LogP contribution in [0.5, 0.6) is 11.6 Å². The number of carbonyl (C=O) groups excluding carboxylic acids is 1. The molecule has 2 atom stereocenters. The third-order valence-electron chi connectivity index (χ3n) is 4.36. The van der Waals surface area contributed by atoms with Crippen LogP contribution in [-0.2, 0) is 25.1 Å². The van der Waals surface area contributed by atoms with Gasteiger partial charge in [0.05, 0.1) is 25.6 Å². The van der Waals surface area contributed by atoms with Gasteiger partial charge in [0.2, 0.25) is 11.6 Å². The molecule has 0 saturated heterocycles. The second-order valence-corrected chi connectivity index (χ2v) is 10.2. The van der Waals surface area contributed by atoms with Crippen LogP contribution in [0.25, 0.3) is 0 Å². The summed E-state index contributed by atoms with van der Waals surface area (Å²) >= 11 is 1.23. The van der Waals surface area contributed by atoms with E-state index in [-0.39, 0.29) is 29.4 Å². The lowest BCUT2D eigenvalue weighted by Gasteiger charge is -2.21. The molecule has 1 aromatic heterocycles. The first kappa shape index (κ1) is 27.1. The number of aryl methyl sites for hydroxylation is 1. The molecule has 2 unspecified atom stereocenters. The summed E-state index contributed by atoms with van der Waals surface area (Å²) in [6.45, 7) is 6.53. The molecule has 0 aliphatic carbocycles. The molecule has 1 aromatic carbocycles. The van der Waals surface area contributed by atoms with Gasteiger partial charge in [-0.1, -0.05) is 50.7 Å². The SMILES string of the molecule is COC(CCn1cnc(C#N)c1O)COP(OCCSC(=O)C(C)(C)C)Oc1ccccc1. The summed E-state index contributed by atoms with van der Waals surface area (Å²) in [6.07, 6.45) is 1.62. The van der Waals surface area contributed by atoms with Crippen LogP contribution in [0.2, 0.25) is 0 Å². The summed E-state index contributed by atoms with van der Waals surface area (Å²) in [4.78, 5) is 15.9. The van der Waals surface area contributed by atoms with E-state index in [1.54, 1.807) is 7.11 Å². The van der Waals surface area contributed by atoms with Gasteiger partial charge in [0.25, 0.3) is 0 Å². The number of aromatic hydroxyl groups is 1. The van der Waals surface area contributed by atoms with E-state index in [4.69, 9.17) is 23.6 Å². The van der Waals surface area contributed by atoms with Gasteiger partial charge in [-0.3, -0.25) is 9.32 Å². The number of imidazole rings is 1. The zero-order valence-electron chi connectivity index (χ0n) is 19.3. The predicted molar refractivity (Wildman–Crippen MR) is 127 cm³/mol. The largest absolute Gasteiger partial charge is 0.492 e. The lowest BCUT2D eigenvalue weighted by atomic mass is 10.00. The number of benzene rings is 1. The molecule has 0 saturated carbocycles. The van der Waals surface area contributed by atoms with E-state index in [2.05, 4.69) is 4.98 Å². The van der Waals surface area contributed by atoms with Gasteiger partial charge in [-0.15, -0.1) is 0 Å². The topological polar surface area (TPSA) is 116 Å². The van der Waals surface area contributed by atoms with Gasteiger partial charge in [0.1, 0.15) is 11.8 Å². The predicted octanol–water partition coefficient (Wildman–Crippen LogP) is 4.51. The number of carbonyl (C=O) groups is 1. The number of ether oxygens (including phenoxy) is 1. The molecule has 11 heteroatoms. The van der Waals surface area contributed by atoms with Crippen molar-refractivity contribution in [2.24, 2.45) is 5.41 Å². The van der Waals surface area contributed by atoms with Crippen molar-refractivity contribution in [2.75, 3.05) is 26.1 Å². The molecule has 180 valence electrons. The molecule has 0 radical (unpaired) electrons. The Balaban J connectivity index is 1.88. The lowest BCUT2D eigenvalue weighted by Crippen LogP contribution is -2.20. The fourth-order valence-corrected chi connectivity index (χ4v) is 4.35. The van der Waals surface area contributed by atoms with Crippen LogP contribution in [0, 0.1) is 16.7 Å². The third kappa shape index (κ3) is 9.32. The van der Waals surface area contributed by atoms with Gasteiger partial charge in [-0.25, -0.2) is 4.98 Å².